The molecule has 106 valence electrons. The standard InChI is InChI=1S/C15H18N2O3/c1-19-11-6-13(15(16)18)17(8-11)7-10-9-20-14-5-3-2-4-12(10)14/h2-5,9,11,13H,6-8H2,1H3,(H2,16,18)/t11-,13-/m0/s1. The average molecular weight is 274 g/mol. The Morgan fingerprint density at radius 3 is 3.05 bits per heavy atom. The normalized spacial score (nSPS) is 23.4. The number of nitrogens with two attached hydrogens (primary N) is 1. The van der Waals surface area contributed by atoms with E-state index in [1.165, 1.54) is 0 Å². The number of likely N-dealkylation sites (tertiary alicyclic amines) is 1. The van der Waals surface area contributed by atoms with Crippen LogP contribution in [0, 0.1) is 0 Å². The SMILES string of the molecule is CO[C@H]1C[C@@H](C(N)=O)N(Cc2coc3ccccc23)C1. The second-order valence-corrected chi connectivity index (χ2v) is 5.20. The number of carbonyl (C=O) groups is 1. The Labute approximate surface area is 117 Å². The summed E-state index contributed by atoms with van der Waals surface area (Å²) in [5.74, 6) is -0.294. The molecular formula is C15H18N2O3. The highest BCUT2D eigenvalue weighted by Crippen LogP contribution is 2.26. The summed E-state index contributed by atoms with van der Waals surface area (Å²) in [7, 11) is 1.67. The van der Waals surface area contributed by atoms with Gasteiger partial charge in [0, 0.05) is 31.1 Å². The van der Waals surface area contributed by atoms with Crippen molar-refractivity contribution < 1.29 is 13.9 Å². The molecule has 0 spiro atoms. The van der Waals surface area contributed by atoms with Crippen molar-refractivity contribution in [2.75, 3.05) is 13.7 Å². The molecule has 2 N–H and O–H groups in total. The van der Waals surface area contributed by atoms with E-state index in [1.54, 1.807) is 13.4 Å². The Morgan fingerprint density at radius 1 is 1.50 bits per heavy atom. The van der Waals surface area contributed by atoms with Crippen LogP contribution in [0.2, 0.25) is 0 Å². The summed E-state index contributed by atoms with van der Waals surface area (Å²) < 4.78 is 10.9. The molecule has 5 nitrogen and oxygen atoms in total. The van der Waals surface area contributed by atoms with Crippen molar-refractivity contribution in [3.8, 4) is 0 Å². The van der Waals surface area contributed by atoms with Crippen molar-refractivity contribution in [3.63, 3.8) is 0 Å². The number of ether oxygens (including phenoxy) is 1. The molecule has 2 heterocycles. The van der Waals surface area contributed by atoms with Crippen molar-refractivity contribution in [1.29, 1.82) is 0 Å². The topological polar surface area (TPSA) is 68.7 Å². The highest BCUT2D eigenvalue weighted by atomic mass is 16.5. The van der Waals surface area contributed by atoms with Gasteiger partial charge in [0.05, 0.1) is 18.4 Å². The minimum absolute atomic E-state index is 0.0608. The van der Waals surface area contributed by atoms with Crippen LogP contribution in [0.15, 0.2) is 34.9 Å². The van der Waals surface area contributed by atoms with Crippen molar-refractivity contribution >= 4 is 16.9 Å². The lowest BCUT2D eigenvalue weighted by Gasteiger charge is -2.20. The molecule has 1 saturated heterocycles. The third kappa shape index (κ3) is 2.30. The predicted molar refractivity (Wildman–Crippen MR) is 75.0 cm³/mol. The van der Waals surface area contributed by atoms with Gasteiger partial charge in [0.25, 0.3) is 0 Å². The van der Waals surface area contributed by atoms with Crippen LogP contribution in [0.1, 0.15) is 12.0 Å². The lowest BCUT2D eigenvalue weighted by molar-refractivity contribution is -0.122. The second kappa shape index (κ2) is 5.26. The van der Waals surface area contributed by atoms with Gasteiger partial charge in [-0.15, -0.1) is 0 Å². The maximum Gasteiger partial charge on any atom is 0.234 e. The number of methoxy groups -OCH3 is 1. The summed E-state index contributed by atoms with van der Waals surface area (Å²) in [5.41, 5.74) is 7.42. The number of fused-ring (bicyclic) bond motifs is 1. The summed E-state index contributed by atoms with van der Waals surface area (Å²) in [6, 6.07) is 7.62. The number of hydrogen-bond acceptors (Lipinski definition) is 4. The molecule has 1 aromatic heterocycles. The van der Waals surface area contributed by atoms with Crippen LogP contribution < -0.4 is 5.73 Å². The molecule has 1 fully saturated rings. The summed E-state index contributed by atoms with van der Waals surface area (Å²) in [6.45, 7) is 1.36. The van der Waals surface area contributed by atoms with Crippen LogP contribution in [0.5, 0.6) is 0 Å². The van der Waals surface area contributed by atoms with E-state index in [0.29, 0.717) is 19.5 Å². The second-order valence-electron chi connectivity index (χ2n) is 5.20. The smallest absolute Gasteiger partial charge is 0.234 e. The average Bonchev–Trinajstić information content (AvgIpc) is 3.04. The molecule has 5 heteroatoms. The van der Waals surface area contributed by atoms with E-state index >= 15 is 0 Å². The van der Waals surface area contributed by atoms with Crippen LogP contribution in [-0.2, 0) is 16.1 Å². The van der Waals surface area contributed by atoms with E-state index in [-0.39, 0.29) is 18.1 Å². The first-order valence-corrected chi connectivity index (χ1v) is 6.70. The zero-order chi connectivity index (χ0) is 14.1. The van der Waals surface area contributed by atoms with E-state index in [0.717, 1.165) is 16.5 Å². The Hall–Kier alpha value is -1.85. The van der Waals surface area contributed by atoms with Crippen molar-refractivity contribution in [3.05, 3.63) is 36.1 Å². The van der Waals surface area contributed by atoms with Crippen LogP contribution in [-0.4, -0.2) is 36.6 Å². The van der Waals surface area contributed by atoms with Crippen LogP contribution in [0.3, 0.4) is 0 Å². The van der Waals surface area contributed by atoms with Crippen LogP contribution in [0.25, 0.3) is 11.0 Å². The molecule has 0 aliphatic carbocycles. The Morgan fingerprint density at radius 2 is 2.30 bits per heavy atom. The molecule has 0 bridgehead atoms. The monoisotopic (exact) mass is 274 g/mol. The molecule has 1 amide bonds. The van der Waals surface area contributed by atoms with E-state index in [9.17, 15) is 4.79 Å². The number of furan rings is 1. The lowest BCUT2D eigenvalue weighted by atomic mass is 10.1. The summed E-state index contributed by atoms with van der Waals surface area (Å²) in [4.78, 5) is 13.6. The number of rotatable bonds is 4. The number of hydrogen-bond donors (Lipinski definition) is 1. The maximum atomic E-state index is 11.6. The summed E-state index contributed by atoms with van der Waals surface area (Å²) >= 11 is 0. The Kier molecular flexibility index (Phi) is 3.46. The number of nitrogens with zero attached hydrogens (tertiary/aromatic N) is 1. The molecule has 1 aliphatic rings. The number of para-hydroxylation sites is 1. The highest BCUT2D eigenvalue weighted by molar-refractivity contribution is 5.82. The highest BCUT2D eigenvalue weighted by Gasteiger charge is 2.35. The largest absolute Gasteiger partial charge is 0.464 e. The Balaban J connectivity index is 1.84. The number of carbonyl (C=O) groups excluding carboxylic acids is 1. The lowest BCUT2D eigenvalue weighted by Crippen LogP contribution is -2.39. The van der Waals surface area contributed by atoms with Crippen molar-refractivity contribution in [2.24, 2.45) is 5.73 Å². The van der Waals surface area contributed by atoms with Gasteiger partial charge < -0.3 is 14.9 Å². The van der Waals surface area contributed by atoms with Gasteiger partial charge in [0.2, 0.25) is 5.91 Å². The fourth-order valence-corrected chi connectivity index (χ4v) is 2.88. The van der Waals surface area contributed by atoms with Gasteiger partial charge in [-0.1, -0.05) is 18.2 Å². The molecule has 2 aromatic rings. The molecule has 1 aromatic carbocycles. The zero-order valence-corrected chi connectivity index (χ0v) is 11.4. The maximum absolute atomic E-state index is 11.6. The molecule has 3 rings (SSSR count). The van der Waals surface area contributed by atoms with E-state index in [2.05, 4.69) is 4.90 Å². The van der Waals surface area contributed by atoms with Gasteiger partial charge in [-0.2, -0.15) is 0 Å². The van der Waals surface area contributed by atoms with Gasteiger partial charge >= 0.3 is 0 Å². The zero-order valence-electron chi connectivity index (χ0n) is 11.4. The minimum Gasteiger partial charge on any atom is -0.464 e. The number of benzene rings is 1. The first-order valence-electron chi connectivity index (χ1n) is 6.70. The number of amides is 1. The number of primary amides is 1. The summed E-state index contributed by atoms with van der Waals surface area (Å²) in [5, 5.41) is 1.08. The first kappa shape index (κ1) is 13.1. The van der Waals surface area contributed by atoms with Gasteiger partial charge in [-0.25, -0.2) is 0 Å². The quantitative estimate of drug-likeness (QED) is 0.917. The van der Waals surface area contributed by atoms with Crippen LogP contribution >= 0.6 is 0 Å². The van der Waals surface area contributed by atoms with Gasteiger partial charge in [-0.3, -0.25) is 9.69 Å². The van der Waals surface area contributed by atoms with Crippen molar-refractivity contribution in [1.82, 2.24) is 4.90 Å². The molecule has 2 atom stereocenters. The molecule has 0 radical (unpaired) electrons. The predicted octanol–water partition coefficient (Wildman–Crippen LogP) is 1.51. The van der Waals surface area contributed by atoms with E-state index in [4.69, 9.17) is 14.9 Å². The summed E-state index contributed by atoms with van der Waals surface area (Å²) in [6.07, 6.45) is 2.47. The molecule has 1 aliphatic heterocycles. The van der Waals surface area contributed by atoms with Gasteiger partial charge in [-0.05, 0) is 12.5 Å². The molecular weight excluding hydrogens is 256 g/mol. The Bertz CT molecular complexity index is 622. The fraction of sp³-hybridized carbons (Fsp3) is 0.400. The minimum atomic E-state index is -0.294. The fourth-order valence-electron chi connectivity index (χ4n) is 2.88. The first-order chi connectivity index (χ1) is 9.69. The van der Waals surface area contributed by atoms with Crippen molar-refractivity contribution in [2.45, 2.75) is 25.1 Å². The third-order valence-electron chi connectivity index (χ3n) is 3.96. The molecule has 0 unspecified atom stereocenters. The van der Waals surface area contributed by atoms with E-state index in [1.807, 2.05) is 24.3 Å². The van der Waals surface area contributed by atoms with Gasteiger partial charge in [0.1, 0.15) is 5.58 Å². The van der Waals surface area contributed by atoms with E-state index < -0.39 is 0 Å². The van der Waals surface area contributed by atoms with Crippen LogP contribution in [0.4, 0.5) is 0 Å². The van der Waals surface area contributed by atoms with Gasteiger partial charge in [0.15, 0.2) is 0 Å². The molecule has 0 saturated carbocycles. The molecule has 20 heavy (non-hydrogen) atoms. The third-order valence-corrected chi connectivity index (χ3v) is 3.96.